The quantitative estimate of drug-likeness (QED) is 0.824. The molecule has 104 valence electrons. The molecule has 1 aliphatic heterocycles. The second kappa shape index (κ2) is 6.60. The first-order chi connectivity index (χ1) is 9.24. The number of fused-ring (bicyclic) bond motifs is 1. The van der Waals surface area contributed by atoms with Gasteiger partial charge in [-0.25, -0.2) is 0 Å². The Hall–Kier alpha value is -1.51. The van der Waals surface area contributed by atoms with Crippen LogP contribution in [0.25, 0.3) is 0 Å². The van der Waals surface area contributed by atoms with Crippen LogP contribution in [-0.2, 0) is 4.79 Å². The third-order valence-electron chi connectivity index (χ3n) is 3.87. The average molecular weight is 260 g/mol. The number of para-hydroxylation sites is 1. The number of amides is 1. The van der Waals surface area contributed by atoms with Crippen LogP contribution in [-0.4, -0.2) is 18.5 Å². The van der Waals surface area contributed by atoms with Crippen molar-refractivity contribution in [2.24, 2.45) is 0 Å². The van der Waals surface area contributed by atoms with Gasteiger partial charge < -0.3 is 10.6 Å². The van der Waals surface area contributed by atoms with Crippen LogP contribution in [0.5, 0.6) is 0 Å². The van der Waals surface area contributed by atoms with Crippen molar-refractivity contribution in [1.29, 1.82) is 0 Å². The van der Waals surface area contributed by atoms with E-state index in [0.717, 1.165) is 25.8 Å². The summed E-state index contributed by atoms with van der Waals surface area (Å²) in [5, 5.41) is 6.53. The summed E-state index contributed by atoms with van der Waals surface area (Å²) >= 11 is 0. The van der Waals surface area contributed by atoms with Crippen molar-refractivity contribution in [2.75, 3.05) is 11.9 Å². The first kappa shape index (κ1) is 13.9. The van der Waals surface area contributed by atoms with E-state index in [4.69, 9.17) is 0 Å². The highest BCUT2D eigenvalue weighted by molar-refractivity contribution is 5.78. The number of benzene rings is 1. The van der Waals surface area contributed by atoms with E-state index in [9.17, 15) is 4.79 Å². The molecular formula is C16H24N2O. The predicted molar refractivity (Wildman–Crippen MR) is 79.4 cm³/mol. The molecule has 0 spiro atoms. The first-order valence-corrected chi connectivity index (χ1v) is 7.36. The number of rotatable bonds is 6. The molecule has 2 N–H and O–H groups in total. The Labute approximate surface area is 115 Å². The van der Waals surface area contributed by atoms with Crippen LogP contribution < -0.4 is 10.6 Å². The molecule has 0 radical (unpaired) electrons. The maximum atomic E-state index is 12.1. The van der Waals surface area contributed by atoms with Crippen molar-refractivity contribution in [3.8, 4) is 0 Å². The van der Waals surface area contributed by atoms with Gasteiger partial charge in [0, 0.05) is 30.6 Å². The van der Waals surface area contributed by atoms with Gasteiger partial charge in [0.15, 0.2) is 0 Å². The highest BCUT2D eigenvalue weighted by Crippen LogP contribution is 2.33. The monoisotopic (exact) mass is 260 g/mol. The number of carbonyl (C=O) groups excluding carboxylic acids is 1. The van der Waals surface area contributed by atoms with Gasteiger partial charge in [-0.05, 0) is 24.5 Å². The molecule has 0 saturated carbocycles. The maximum Gasteiger partial charge on any atom is 0.220 e. The summed E-state index contributed by atoms with van der Waals surface area (Å²) in [7, 11) is 0. The molecule has 0 aromatic heterocycles. The smallest absolute Gasteiger partial charge is 0.220 e. The average Bonchev–Trinajstić information content (AvgIpc) is 2.82. The molecule has 2 atom stereocenters. The molecule has 1 aromatic rings. The lowest BCUT2D eigenvalue weighted by molar-refractivity contribution is -0.122. The van der Waals surface area contributed by atoms with Crippen LogP contribution >= 0.6 is 0 Å². The van der Waals surface area contributed by atoms with E-state index < -0.39 is 0 Å². The van der Waals surface area contributed by atoms with Crippen molar-refractivity contribution in [2.45, 2.75) is 51.5 Å². The highest BCUT2D eigenvalue weighted by atomic mass is 16.1. The number of anilines is 1. The van der Waals surface area contributed by atoms with Gasteiger partial charge in [-0.15, -0.1) is 0 Å². The van der Waals surface area contributed by atoms with Crippen molar-refractivity contribution in [1.82, 2.24) is 5.32 Å². The minimum absolute atomic E-state index is 0.184. The zero-order chi connectivity index (χ0) is 13.7. The molecule has 0 bridgehead atoms. The fourth-order valence-corrected chi connectivity index (χ4v) is 2.78. The van der Waals surface area contributed by atoms with Gasteiger partial charge >= 0.3 is 0 Å². The summed E-state index contributed by atoms with van der Waals surface area (Å²) in [6.45, 7) is 5.16. The molecule has 3 heteroatoms. The molecule has 3 nitrogen and oxygen atoms in total. The van der Waals surface area contributed by atoms with E-state index in [1.54, 1.807) is 0 Å². The summed E-state index contributed by atoms with van der Waals surface area (Å²) in [6.07, 6.45) is 3.79. The van der Waals surface area contributed by atoms with Crippen LogP contribution in [0.2, 0.25) is 0 Å². The van der Waals surface area contributed by atoms with Gasteiger partial charge in [0.05, 0.1) is 0 Å². The summed E-state index contributed by atoms with van der Waals surface area (Å²) in [5.41, 5.74) is 2.46. The maximum absolute atomic E-state index is 12.1. The van der Waals surface area contributed by atoms with E-state index in [0.29, 0.717) is 18.4 Å². The number of nitrogens with one attached hydrogen (secondary N) is 2. The minimum atomic E-state index is 0.184. The third-order valence-corrected chi connectivity index (χ3v) is 3.87. The Morgan fingerprint density at radius 1 is 1.42 bits per heavy atom. The standard InChI is InChI=1S/C16H24N2O/c1-3-7-13(4-2)18-16(19)10-12-11-17-15-9-6-5-8-14(12)15/h5-6,8-9,12-13,17H,3-4,7,10-11H2,1-2H3,(H,18,19). The molecule has 1 aromatic carbocycles. The SMILES string of the molecule is CCCC(CC)NC(=O)CC1CNc2ccccc21. The lowest BCUT2D eigenvalue weighted by Gasteiger charge is -2.17. The zero-order valence-corrected chi connectivity index (χ0v) is 11.9. The van der Waals surface area contributed by atoms with Gasteiger partial charge in [-0.3, -0.25) is 4.79 Å². The first-order valence-electron chi connectivity index (χ1n) is 7.36. The van der Waals surface area contributed by atoms with Crippen LogP contribution in [0.1, 0.15) is 51.0 Å². The van der Waals surface area contributed by atoms with Crippen LogP contribution in [0, 0.1) is 0 Å². The van der Waals surface area contributed by atoms with E-state index in [1.807, 2.05) is 12.1 Å². The molecule has 1 aliphatic rings. The molecule has 1 amide bonds. The van der Waals surface area contributed by atoms with Crippen LogP contribution in [0.15, 0.2) is 24.3 Å². The van der Waals surface area contributed by atoms with Crippen molar-refractivity contribution < 1.29 is 4.79 Å². The minimum Gasteiger partial charge on any atom is -0.384 e. The molecule has 2 rings (SSSR count). The molecule has 19 heavy (non-hydrogen) atoms. The van der Waals surface area contributed by atoms with Gasteiger partial charge in [0.25, 0.3) is 0 Å². The Balaban J connectivity index is 1.90. The van der Waals surface area contributed by atoms with E-state index in [2.05, 4.69) is 36.6 Å². The third kappa shape index (κ3) is 3.49. The topological polar surface area (TPSA) is 41.1 Å². The lowest BCUT2D eigenvalue weighted by atomic mass is 9.97. The molecule has 2 unspecified atom stereocenters. The molecule has 0 fully saturated rings. The Morgan fingerprint density at radius 3 is 2.95 bits per heavy atom. The highest BCUT2D eigenvalue weighted by Gasteiger charge is 2.24. The molecular weight excluding hydrogens is 236 g/mol. The molecule has 0 saturated heterocycles. The summed E-state index contributed by atoms with van der Waals surface area (Å²) in [6, 6.07) is 8.61. The van der Waals surface area contributed by atoms with E-state index in [1.165, 1.54) is 11.3 Å². The Morgan fingerprint density at radius 2 is 2.21 bits per heavy atom. The lowest BCUT2D eigenvalue weighted by Crippen LogP contribution is -2.35. The second-order valence-electron chi connectivity index (χ2n) is 5.33. The van der Waals surface area contributed by atoms with Gasteiger partial charge in [-0.2, -0.15) is 0 Å². The fraction of sp³-hybridized carbons (Fsp3) is 0.562. The summed E-state index contributed by atoms with van der Waals surface area (Å²) in [5.74, 6) is 0.499. The molecule has 1 heterocycles. The predicted octanol–water partition coefficient (Wildman–Crippen LogP) is 3.28. The fourth-order valence-electron chi connectivity index (χ4n) is 2.78. The largest absolute Gasteiger partial charge is 0.384 e. The van der Waals surface area contributed by atoms with Gasteiger partial charge in [0.1, 0.15) is 0 Å². The Bertz CT molecular complexity index is 431. The van der Waals surface area contributed by atoms with Crippen molar-refractivity contribution in [3.63, 3.8) is 0 Å². The Kier molecular flexibility index (Phi) is 4.83. The summed E-state index contributed by atoms with van der Waals surface area (Å²) < 4.78 is 0. The number of hydrogen-bond acceptors (Lipinski definition) is 2. The zero-order valence-electron chi connectivity index (χ0n) is 11.9. The normalized spacial score (nSPS) is 18.5. The number of carbonyl (C=O) groups is 1. The van der Waals surface area contributed by atoms with Gasteiger partial charge in [-0.1, -0.05) is 38.5 Å². The number of hydrogen-bond donors (Lipinski definition) is 2. The van der Waals surface area contributed by atoms with Crippen LogP contribution in [0.4, 0.5) is 5.69 Å². The van der Waals surface area contributed by atoms with Crippen molar-refractivity contribution in [3.05, 3.63) is 29.8 Å². The second-order valence-corrected chi connectivity index (χ2v) is 5.33. The van der Waals surface area contributed by atoms with Crippen molar-refractivity contribution >= 4 is 11.6 Å². The van der Waals surface area contributed by atoms with E-state index >= 15 is 0 Å². The van der Waals surface area contributed by atoms with Crippen LogP contribution in [0.3, 0.4) is 0 Å². The molecule has 0 aliphatic carbocycles. The summed E-state index contributed by atoms with van der Waals surface area (Å²) in [4.78, 5) is 12.1. The van der Waals surface area contributed by atoms with Gasteiger partial charge in [0.2, 0.25) is 5.91 Å². The van der Waals surface area contributed by atoms with E-state index in [-0.39, 0.29) is 5.91 Å².